The van der Waals surface area contributed by atoms with E-state index in [9.17, 15) is 0 Å². The van der Waals surface area contributed by atoms with E-state index in [4.69, 9.17) is 5.73 Å². The third-order valence-electron chi connectivity index (χ3n) is 4.24. The first kappa shape index (κ1) is 14.1. The Labute approximate surface area is 125 Å². The molecule has 0 saturated carbocycles. The second-order valence-corrected chi connectivity index (χ2v) is 6.86. The van der Waals surface area contributed by atoms with Crippen molar-refractivity contribution < 1.29 is 0 Å². The van der Waals surface area contributed by atoms with Crippen LogP contribution >= 0.6 is 11.3 Å². The van der Waals surface area contributed by atoms with Gasteiger partial charge in [0.25, 0.3) is 0 Å². The Kier molecular flexibility index (Phi) is 4.74. The van der Waals surface area contributed by atoms with Crippen LogP contribution in [0.15, 0.2) is 12.1 Å². The summed E-state index contributed by atoms with van der Waals surface area (Å²) in [7, 11) is 0. The Bertz CT molecular complexity index is 499. The maximum absolute atomic E-state index is 5.42. The molecular formula is C16H23N3S. The summed E-state index contributed by atoms with van der Waals surface area (Å²) >= 11 is 1.81. The van der Waals surface area contributed by atoms with Gasteiger partial charge in [0.05, 0.1) is 11.4 Å². The summed E-state index contributed by atoms with van der Waals surface area (Å²) < 4.78 is 0. The van der Waals surface area contributed by atoms with Crippen LogP contribution in [-0.4, -0.2) is 48.6 Å². The quantitative estimate of drug-likeness (QED) is 0.842. The van der Waals surface area contributed by atoms with Crippen LogP contribution < -0.4 is 5.73 Å². The van der Waals surface area contributed by atoms with Gasteiger partial charge in [-0.2, -0.15) is 0 Å². The topological polar surface area (TPSA) is 32.5 Å². The van der Waals surface area contributed by atoms with Crippen LogP contribution in [0.25, 0.3) is 0 Å². The number of nitrogens with two attached hydrogens (primary N) is 1. The monoisotopic (exact) mass is 289 g/mol. The van der Waals surface area contributed by atoms with Crippen molar-refractivity contribution in [3.63, 3.8) is 0 Å². The van der Waals surface area contributed by atoms with Gasteiger partial charge in [0.1, 0.15) is 0 Å². The molecule has 3 heterocycles. The van der Waals surface area contributed by atoms with Crippen LogP contribution in [0.5, 0.6) is 0 Å². The van der Waals surface area contributed by atoms with Crippen LogP contribution in [0, 0.1) is 11.8 Å². The molecule has 3 nitrogen and oxygen atoms in total. The largest absolute Gasteiger partial charge is 0.320 e. The van der Waals surface area contributed by atoms with Crippen molar-refractivity contribution in [1.82, 2.24) is 9.80 Å². The third-order valence-corrected chi connectivity index (χ3v) is 5.23. The summed E-state index contributed by atoms with van der Waals surface area (Å²) in [6, 6.07) is 5.15. The minimum atomic E-state index is 0.441. The van der Waals surface area contributed by atoms with E-state index >= 15 is 0 Å². The zero-order valence-corrected chi connectivity index (χ0v) is 12.8. The highest BCUT2D eigenvalue weighted by Gasteiger charge is 2.28. The second kappa shape index (κ2) is 6.73. The Morgan fingerprint density at radius 3 is 3.05 bits per heavy atom. The fourth-order valence-corrected chi connectivity index (χ4v) is 4.24. The van der Waals surface area contributed by atoms with Crippen LogP contribution in [0.3, 0.4) is 0 Å². The number of nitrogens with zero attached hydrogens (tertiary/aromatic N) is 2. The summed E-state index contributed by atoms with van der Waals surface area (Å²) in [6.45, 7) is 6.60. The van der Waals surface area contributed by atoms with Crippen LogP contribution in [0.4, 0.5) is 0 Å². The van der Waals surface area contributed by atoms with Gasteiger partial charge in [-0.05, 0) is 51.0 Å². The lowest BCUT2D eigenvalue weighted by atomic mass is 10.2. The predicted molar refractivity (Wildman–Crippen MR) is 84.7 cm³/mol. The molecule has 0 radical (unpaired) electrons. The summed E-state index contributed by atoms with van der Waals surface area (Å²) in [6.07, 6.45) is 4.08. The summed E-state index contributed by atoms with van der Waals surface area (Å²) in [5.41, 5.74) is 5.42. The predicted octanol–water partition coefficient (Wildman–Crippen LogP) is 1.73. The zero-order chi connectivity index (χ0) is 13.8. The van der Waals surface area contributed by atoms with Crippen LogP contribution in [0.1, 0.15) is 29.0 Å². The molecular weight excluding hydrogens is 266 g/mol. The van der Waals surface area contributed by atoms with Gasteiger partial charge < -0.3 is 5.73 Å². The lowest BCUT2D eigenvalue weighted by Gasteiger charge is -2.25. The van der Waals surface area contributed by atoms with Gasteiger partial charge in [0.15, 0.2) is 0 Å². The lowest BCUT2D eigenvalue weighted by Crippen LogP contribution is -2.36. The van der Waals surface area contributed by atoms with E-state index in [2.05, 4.69) is 33.8 Å². The Morgan fingerprint density at radius 1 is 1.25 bits per heavy atom. The average Bonchev–Trinajstić information content (AvgIpc) is 3.03. The maximum Gasteiger partial charge on any atom is 0.0772 e. The summed E-state index contributed by atoms with van der Waals surface area (Å²) in [5.74, 6) is 6.06. The van der Waals surface area contributed by atoms with Gasteiger partial charge in [0, 0.05) is 24.0 Å². The molecule has 0 amide bonds. The highest BCUT2D eigenvalue weighted by molar-refractivity contribution is 7.12. The number of thiophene rings is 1. The lowest BCUT2D eigenvalue weighted by molar-refractivity contribution is 0.216. The Morgan fingerprint density at radius 2 is 2.15 bits per heavy atom. The number of hydrogen-bond donors (Lipinski definition) is 1. The average molecular weight is 289 g/mol. The first-order chi connectivity index (χ1) is 9.85. The van der Waals surface area contributed by atoms with Crippen molar-refractivity contribution in [2.75, 3.05) is 32.7 Å². The molecule has 2 N–H and O–H groups in total. The van der Waals surface area contributed by atoms with E-state index in [0.717, 1.165) is 17.5 Å². The molecule has 2 aliphatic heterocycles. The molecule has 20 heavy (non-hydrogen) atoms. The van der Waals surface area contributed by atoms with E-state index < -0.39 is 0 Å². The molecule has 2 fully saturated rings. The first-order valence-electron chi connectivity index (χ1n) is 7.59. The van der Waals surface area contributed by atoms with Gasteiger partial charge in [-0.15, -0.1) is 11.3 Å². The normalized spacial score (nSPS) is 23.9. The van der Waals surface area contributed by atoms with Gasteiger partial charge in [-0.1, -0.05) is 11.8 Å². The molecule has 0 bridgehead atoms. The molecule has 108 valence electrons. The van der Waals surface area contributed by atoms with Crippen LogP contribution in [-0.2, 0) is 6.54 Å². The zero-order valence-electron chi connectivity index (χ0n) is 12.0. The van der Waals surface area contributed by atoms with Crippen molar-refractivity contribution in [2.45, 2.75) is 31.8 Å². The molecule has 4 heteroatoms. The molecule has 1 unspecified atom stereocenters. The standard InChI is InChI=1S/C16H23N3S/c17-8-1-5-15-6-7-16(20-15)13-18-9-3-11-19-10-2-4-14(19)12-18/h6-7,14H,2-4,8-13,17H2. The molecule has 1 aromatic heterocycles. The molecule has 0 spiro atoms. The molecule has 1 atom stereocenters. The number of hydrogen-bond acceptors (Lipinski definition) is 4. The van der Waals surface area contributed by atoms with Crippen molar-refractivity contribution in [3.05, 3.63) is 21.9 Å². The van der Waals surface area contributed by atoms with Crippen molar-refractivity contribution in [3.8, 4) is 11.8 Å². The molecule has 1 aromatic rings. The van der Waals surface area contributed by atoms with Gasteiger partial charge in [0.2, 0.25) is 0 Å². The minimum absolute atomic E-state index is 0.441. The Hall–Kier alpha value is -0.860. The first-order valence-corrected chi connectivity index (χ1v) is 8.41. The highest BCUT2D eigenvalue weighted by Crippen LogP contribution is 2.24. The molecule has 0 aliphatic carbocycles. The van der Waals surface area contributed by atoms with Gasteiger partial charge in [-0.3, -0.25) is 9.80 Å². The number of rotatable bonds is 2. The highest BCUT2D eigenvalue weighted by atomic mass is 32.1. The third kappa shape index (κ3) is 3.42. The van der Waals surface area contributed by atoms with Crippen molar-refractivity contribution in [2.24, 2.45) is 5.73 Å². The SMILES string of the molecule is NCC#Cc1ccc(CN2CCCN3CCCC3C2)s1. The smallest absolute Gasteiger partial charge is 0.0772 e. The fourth-order valence-electron chi connectivity index (χ4n) is 3.32. The summed E-state index contributed by atoms with van der Waals surface area (Å²) in [5, 5.41) is 0. The van der Waals surface area contributed by atoms with E-state index in [-0.39, 0.29) is 0 Å². The van der Waals surface area contributed by atoms with Crippen molar-refractivity contribution in [1.29, 1.82) is 0 Å². The van der Waals surface area contributed by atoms with E-state index in [0.29, 0.717) is 6.54 Å². The van der Waals surface area contributed by atoms with Gasteiger partial charge >= 0.3 is 0 Å². The van der Waals surface area contributed by atoms with E-state index in [1.807, 2.05) is 11.3 Å². The minimum Gasteiger partial charge on any atom is -0.320 e. The maximum atomic E-state index is 5.42. The number of fused-ring (bicyclic) bond motifs is 1. The molecule has 3 rings (SSSR count). The molecule has 2 aliphatic rings. The van der Waals surface area contributed by atoms with E-state index in [1.54, 1.807) is 0 Å². The van der Waals surface area contributed by atoms with Gasteiger partial charge in [-0.25, -0.2) is 0 Å². The second-order valence-electron chi connectivity index (χ2n) is 5.69. The molecule has 2 saturated heterocycles. The molecule has 0 aromatic carbocycles. The summed E-state index contributed by atoms with van der Waals surface area (Å²) in [4.78, 5) is 7.88. The fraction of sp³-hybridized carbons (Fsp3) is 0.625. The van der Waals surface area contributed by atoms with E-state index in [1.165, 1.54) is 50.3 Å². The Balaban J connectivity index is 1.60. The van der Waals surface area contributed by atoms with Crippen molar-refractivity contribution >= 4 is 11.3 Å². The van der Waals surface area contributed by atoms with Crippen LogP contribution in [0.2, 0.25) is 0 Å².